The third-order valence-electron chi connectivity index (χ3n) is 4.33. The van der Waals surface area contributed by atoms with E-state index in [0.29, 0.717) is 66.1 Å². The number of hydrogen-bond acceptors (Lipinski definition) is 9. The summed E-state index contributed by atoms with van der Waals surface area (Å²) in [5.41, 5.74) is 0. The van der Waals surface area contributed by atoms with Gasteiger partial charge in [-0.3, -0.25) is 4.79 Å². The molecule has 0 aliphatic carbocycles. The number of esters is 2. The van der Waals surface area contributed by atoms with Crippen LogP contribution in [0.15, 0.2) is 12.7 Å². The zero-order chi connectivity index (χ0) is 23.7. The maximum Gasteiger partial charge on any atom is 0.330 e. The molecule has 0 aliphatic heterocycles. The number of unbranched alkanes of at least 4 members (excludes halogenated alkanes) is 1. The Morgan fingerprint density at radius 1 is 0.688 bits per heavy atom. The third kappa shape index (κ3) is 20.4. The van der Waals surface area contributed by atoms with Crippen LogP contribution in [-0.4, -0.2) is 91.2 Å². The van der Waals surface area contributed by atoms with Gasteiger partial charge in [-0.15, -0.1) is 0 Å². The molecule has 0 N–H and O–H groups in total. The summed E-state index contributed by atoms with van der Waals surface area (Å²) in [4.78, 5) is 22.7. The van der Waals surface area contributed by atoms with Crippen LogP contribution in [0.3, 0.4) is 0 Å². The van der Waals surface area contributed by atoms with E-state index in [1.807, 2.05) is 6.92 Å². The maximum atomic E-state index is 11.9. The van der Waals surface area contributed by atoms with Crippen LogP contribution < -0.4 is 0 Å². The Balaban J connectivity index is 3.24. The van der Waals surface area contributed by atoms with E-state index in [2.05, 4.69) is 13.5 Å². The van der Waals surface area contributed by atoms with Gasteiger partial charge in [-0.2, -0.15) is 0 Å². The molecule has 0 aromatic heterocycles. The van der Waals surface area contributed by atoms with E-state index in [0.717, 1.165) is 31.8 Å². The molecule has 1 unspecified atom stereocenters. The van der Waals surface area contributed by atoms with Gasteiger partial charge in [0.1, 0.15) is 13.2 Å². The highest BCUT2D eigenvalue weighted by atomic mass is 16.6. The maximum absolute atomic E-state index is 11.9. The molecule has 0 aliphatic rings. The first kappa shape index (κ1) is 30.5. The van der Waals surface area contributed by atoms with Gasteiger partial charge in [0.2, 0.25) is 0 Å². The second kappa shape index (κ2) is 24.1. The van der Waals surface area contributed by atoms with Crippen LogP contribution in [0.4, 0.5) is 0 Å². The van der Waals surface area contributed by atoms with Gasteiger partial charge in [0.15, 0.2) is 0 Å². The number of hydrogen-bond donors (Lipinski definition) is 0. The van der Waals surface area contributed by atoms with Crippen LogP contribution in [0.1, 0.15) is 39.5 Å². The molecule has 0 fully saturated rings. The Labute approximate surface area is 192 Å². The van der Waals surface area contributed by atoms with Crippen LogP contribution in [0.2, 0.25) is 0 Å². The molecule has 0 amide bonds. The Bertz CT molecular complexity index is 457. The molecular weight excluding hydrogens is 420 g/mol. The minimum Gasteiger partial charge on any atom is -0.463 e. The lowest BCUT2D eigenvalue weighted by Gasteiger charge is -2.13. The lowest BCUT2D eigenvalue weighted by atomic mass is 10.00. The molecule has 0 aromatic carbocycles. The number of rotatable bonds is 24. The Morgan fingerprint density at radius 2 is 1.09 bits per heavy atom. The molecule has 0 spiro atoms. The second-order valence-electron chi connectivity index (χ2n) is 6.85. The van der Waals surface area contributed by atoms with Gasteiger partial charge in [0, 0.05) is 6.08 Å². The SMILES string of the molecule is C=CC(=O)OCCOCCOCCOCCOCCOCCOC(=O)C(CC)CCCC. The molecule has 0 aromatic rings. The summed E-state index contributed by atoms with van der Waals surface area (Å²) in [7, 11) is 0. The first-order valence-electron chi connectivity index (χ1n) is 11.5. The summed E-state index contributed by atoms with van der Waals surface area (Å²) in [6, 6.07) is 0. The zero-order valence-corrected chi connectivity index (χ0v) is 19.8. The average molecular weight is 463 g/mol. The quantitative estimate of drug-likeness (QED) is 0.122. The van der Waals surface area contributed by atoms with E-state index in [1.165, 1.54) is 0 Å². The summed E-state index contributed by atoms with van der Waals surface area (Å²) >= 11 is 0. The van der Waals surface area contributed by atoms with E-state index >= 15 is 0 Å². The molecule has 188 valence electrons. The number of carbonyl (C=O) groups excluding carboxylic acids is 2. The van der Waals surface area contributed by atoms with Gasteiger partial charge in [0.05, 0.1) is 72.0 Å². The summed E-state index contributed by atoms with van der Waals surface area (Å²) in [5, 5.41) is 0. The van der Waals surface area contributed by atoms with Crippen molar-refractivity contribution in [2.45, 2.75) is 39.5 Å². The number of carbonyl (C=O) groups is 2. The largest absolute Gasteiger partial charge is 0.463 e. The molecule has 0 rings (SSSR count). The highest BCUT2D eigenvalue weighted by Gasteiger charge is 2.16. The number of ether oxygens (including phenoxy) is 7. The molecule has 0 bridgehead atoms. The van der Waals surface area contributed by atoms with E-state index in [4.69, 9.17) is 33.2 Å². The predicted molar refractivity (Wildman–Crippen MR) is 120 cm³/mol. The zero-order valence-electron chi connectivity index (χ0n) is 19.8. The normalized spacial score (nSPS) is 11.8. The minimum absolute atomic E-state index is 0.00222. The van der Waals surface area contributed by atoms with Crippen molar-refractivity contribution in [3.05, 3.63) is 12.7 Å². The third-order valence-corrected chi connectivity index (χ3v) is 4.33. The van der Waals surface area contributed by atoms with Crippen molar-refractivity contribution in [2.75, 3.05) is 79.3 Å². The molecule has 1 atom stereocenters. The first-order chi connectivity index (χ1) is 15.7. The monoisotopic (exact) mass is 462 g/mol. The molecule has 0 saturated carbocycles. The van der Waals surface area contributed by atoms with Crippen LogP contribution >= 0.6 is 0 Å². The molecule has 32 heavy (non-hydrogen) atoms. The lowest BCUT2D eigenvalue weighted by molar-refractivity contribution is -0.150. The van der Waals surface area contributed by atoms with Crippen molar-refractivity contribution >= 4 is 11.9 Å². The molecular formula is C23H42O9. The fourth-order valence-electron chi connectivity index (χ4n) is 2.50. The van der Waals surface area contributed by atoms with Gasteiger partial charge < -0.3 is 33.2 Å². The minimum atomic E-state index is -0.459. The fourth-order valence-corrected chi connectivity index (χ4v) is 2.50. The van der Waals surface area contributed by atoms with Crippen molar-refractivity contribution in [2.24, 2.45) is 5.92 Å². The van der Waals surface area contributed by atoms with E-state index in [9.17, 15) is 9.59 Å². The van der Waals surface area contributed by atoms with Crippen molar-refractivity contribution in [3.8, 4) is 0 Å². The predicted octanol–water partition coefficient (Wildman–Crippen LogP) is 2.56. The highest BCUT2D eigenvalue weighted by molar-refractivity contribution is 5.81. The molecule has 9 nitrogen and oxygen atoms in total. The van der Waals surface area contributed by atoms with E-state index < -0.39 is 5.97 Å². The van der Waals surface area contributed by atoms with Gasteiger partial charge in [0.25, 0.3) is 0 Å². The van der Waals surface area contributed by atoms with Crippen molar-refractivity contribution < 1.29 is 42.7 Å². The molecule has 9 heteroatoms. The van der Waals surface area contributed by atoms with Crippen LogP contribution in [-0.2, 0) is 42.7 Å². The van der Waals surface area contributed by atoms with Gasteiger partial charge in [-0.05, 0) is 12.8 Å². The van der Waals surface area contributed by atoms with Crippen molar-refractivity contribution in [3.63, 3.8) is 0 Å². The van der Waals surface area contributed by atoms with Crippen LogP contribution in [0.5, 0.6) is 0 Å². The highest BCUT2D eigenvalue weighted by Crippen LogP contribution is 2.14. The fraction of sp³-hybridized carbons (Fsp3) is 0.826. The Hall–Kier alpha value is -1.52. The molecule has 0 heterocycles. The standard InChI is InChI=1S/C23H42O9/c1-4-7-8-21(5-2)23(25)32-20-18-30-16-14-28-12-10-26-9-11-27-13-15-29-17-19-31-22(24)6-3/h6,21H,3-5,7-20H2,1-2H3. The van der Waals surface area contributed by atoms with Crippen LogP contribution in [0.25, 0.3) is 0 Å². The summed E-state index contributed by atoms with van der Waals surface area (Å²) in [6.45, 7) is 12.3. The van der Waals surface area contributed by atoms with Crippen LogP contribution in [0, 0.1) is 5.92 Å². The smallest absolute Gasteiger partial charge is 0.330 e. The summed E-state index contributed by atoms with van der Waals surface area (Å²) in [5.74, 6) is -0.585. The average Bonchev–Trinajstić information content (AvgIpc) is 2.80. The molecule has 0 radical (unpaired) electrons. The second-order valence-corrected chi connectivity index (χ2v) is 6.85. The summed E-state index contributed by atoms with van der Waals surface area (Å²) in [6.07, 6.45) is 4.94. The van der Waals surface area contributed by atoms with Crippen molar-refractivity contribution in [1.29, 1.82) is 0 Å². The van der Waals surface area contributed by atoms with Crippen molar-refractivity contribution in [1.82, 2.24) is 0 Å². The molecule has 0 saturated heterocycles. The summed E-state index contributed by atoms with van der Waals surface area (Å²) < 4.78 is 36.8. The van der Waals surface area contributed by atoms with E-state index in [-0.39, 0.29) is 25.1 Å². The Morgan fingerprint density at radius 3 is 1.47 bits per heavy atom. The van der Waals surface area contributed by atoms with Gasteiger partial charge in [-0.1, -0.05) is 33.3 Å². The van der Waals surface area contributed by atoms with Gasteiger partial charge >= 0.3 is 11.9 Å². The first-order valence-corrected chi connectivity index (χ1v) is 11.5. The Kier molecular flexibility index (Phi) is 23.0. The lowest BCUT2D eigenvalue weighted by Crippen LogP contribution is -2.20. The van der Waals surface area contributed by atoms with Gasteiger partial charge in [-0.25, -0.2) is 4.79 Å². The topological polar surface area (TPSA) is 98.8 Å². The van der Waals surface area contributed by atoms with E-state index in [1.54, 1.807) is 0 Å².